The van der Waals surface area contributed by atoms with Gasteiger partial charge in [-0.3, -0.25) is 4.79 Å². The third kappa shape index (κ3) is 2.80. The SMILES string of the molecule is CC1C2CNCC2CN1C(=O)CCS(C)(=O)=O. The summed E-state index contributed by atoms with van der Waals surface area (Å²) in [7, 11) is -3.04. The van der Waals surface area contributed by atoms with E-state index in [-0.39, 0.29) is 24.1 Å². The Balaban J connectivity index is 1.93. The second-order valence-electron chi connectivity index (χ2n) is 5.25. The van der Waals surface area contributed by atoms with Gasteiger partial charge in [0.1, 0.15) is 9.84 Å². The predicted molar refractivity (Wildman–Crippen MR) is 65.4 cm³/mol. The fourth-order valence-corrected chi connectivity index (χ4v) is 3.46. The summed E-state index contributed by atoms with van der Waals surface area (Å²) in [5.41, 5.74) is 0. The van der Waals surface area contributed by atoms with Crippen molar-refractivity contribution in [3.05, 3.63) is 0 Å². The average molecular weight is 260 g/mol. The number of nitrogens with zero attached hydrogens (tertiary/aromatic N) is 1. The number of likely N-dealkylation sites (tertiary alicyclic amines) is 1. The molecule has 0 aromatic rings. The number of nitrogens with one attached hydrogen (secondary N) is 1. The maximum atomic E-state index is 12.0. The van der Waals surface area contributed by atoms with Gasteiger partial charge in [-0.25, -0.2) is 8.42 Å². The van der Waals surface area contributed by atoms with Crippen molar-refractivity contribution in [2.75, 3.05) is 31.6 Å². The molecule has 0 spiro atoms. The molecule has 0 radical (unpaired) electrons. The normalized spacial score (nSPS) is 32.8. The molecule has 1 amide bonds. The first-order valence-corrected chi connectivity index (χ1v) is 8.12. The van der Waals surface area contributed by atoms with Crippen molar-refractivity contribution in [1.82, 2.24) is 10.2 Å². The molecular formula is C11H20N2O3S. The van der Waals surface area contributed by atoms with E-state index in [1.54, 1.807) is 0 Å². The van der Waals surface area contributed by atoms with Crippen LogP contribution in [-0.4, -0.2) is 56.9 Å². The molecule has 2 fully saturated rings. The zero-order valence-electron chi connectivity index (χ0n) is 10.3. The van der Waals surface area contributed by atoms with E-state index in [0.717, 1.165) is 19.6 Å². The van der Waals surface area contributed by atoms with E-state index in [9.17, 15) is 13.2 Å². The summed E-state index contributed by atoms with van der Waals surface area (Å²) in [6, 6.07) is 0.238. The first kappa shape index (κ1) is 12.8. The van der Waals surface area contributed by atoms with Gasteiger partial charge in [-0.2, -0.15) is 0 Å². The number of carbonyl (C=O) groups excluding carboxylic acids is 1. The van der Waals surface area contributed by atoms with E-state index < -0.39 is 9.84 Å². The maximum Gasteiger partial charge on any atom is 0.223 e. The highest BCUT2D eigenvalue weighted by molar-refractivity contribution is 7.90. The van der Waals surface area contributed by atoms with Crippen LogP contribution in [0.3, 0.4) is 0 Å². The summed E-state index contributed by atoms with van der Waals surface area (Å²) in [6.07, 6.45) is 1.29. The molecule has 2 rings (SSSR count). The number of hydrogen-bond acceptors (Lipinski definition) is 4. The second-order valence-corrected chi connectivity index (χ2v) is 7.51. The molecule has 0 aliphatic carbocycles. The van der Waals surface area contributed by atoms with Gasteiger partial charge < -0.3 is 10.2 Å². The molecule has 3 atom stereocenters. The Hall–Kier alpha value is -0.620. The van der Waals surface area contributed by atoms with Gasteiger partial charge in [0.25, 0.3) is 0 Å². The number of amides is 1. The molecule has 6 heteroatoms. The zero-order valence-corrected chi connectivity index (χ0v) is 11.2. The number of rotatable bonds is 3. The minimum atomic E-state index is -3.04. The maximum absolute atomic E-state index is 12.0. The fraction of sp³-hybridized carbons (Fsp3) is 0.909. The molecular weight excluding hydrogens is 240 g/mol. The highest BCUT2D eigenvalue weighted by Gasteiger charge is 2.43. The van der Waals surface area contributed by atoms with Crippen LogP contribution in [-0.2, 0) is 14.6 Å². The van der Waals surface area contributed by atoms with E-state index in [2.05, 4.69) is 12.2 Å². The van der Waals surface area contributed by atoms with Crippen molar-refractivity contribution in [3.63, 3.8) is 0 Å². The van der Waals surface area contributed by atoms with E-state index in [1.165, 1.54) is 6.26 Å². The lowest BCUT2D eigenvalue weighted by Crippen LogP contribution is -2.38. The lowest BCUT2D eigenvalue weighted by Gasteiger charge is -2.24. The monoisotopic (exact) mass is 260 g/mol. The van der Waals surface area contributed by atoms with Crippen molar-refractivity contribution in [2.45, 2.75) is 19.4 Å². The second kappa shape index (κ2) is 4.57. The molecule has 3 unspecified atom stereocenters. The van der Waals surface area contributed by atoms with Gasteiger partial charge in [-0.15, -0.1) is 0 Å². The minimum absolute atomic E-state index is 0.0164. The Morgan fingerprint density at radius 1 is 1.41 bits per heavy atom. The molecule has 2 aliphatic rings. The topological polar surface area (TPSA) is 66.5 Å². The smallest absolute Gasteiger partial charge is 0.223 e. The molecule has 5 nitrogen and oxygen atoms in total. The molecule has 0 saturated carbocycles. The van der Waals surface area contributed by atoms with Crippen LogP contribution in [0.25, 0.3) is 0 Å². The van der Waals surface area contributed by atoms with Crippen LogP contribution in [0.5, 0.6) is 0 Å². The molecule has 1 N–H and O–H groups in total. The lowest BCUT2D eigenvalue weighted by molar-refractivity contribution is -0.131. The Kier molecular flexibility index (Phi) is 3.45. The van der Waals surface area contributed by atoms with Crippen LogP contribution >= 0.6 is 0 Å². The Morgan fingerprint density at radius 2 is 2.12 bits per heavy atom. The minimum Gasteiger partial charge on any atom is -0.339 e. The number of fused-ring (bicyclic) bond motifs is 1. The van der Waals surface area contributed by atoms with E-state index in [0.29, 0.717) is 11.8 Å². The van der Waals surface area contributed by atoms with Crippen molar-refractivity contribution in [2.24, 2.45) is 11.8 Å². The molecule has 0 bridgehead atoms. The summed E-state index contributed by atoms with van der Waals surface area (Å²) < 4.78 is 22.1. The van der Waals surface area contributed by atoms with Crippen LogP contribution in [0.15, 0.2) is 0 Å². The standard InChI is InChI=1S/C11H20N2O3S/c1-8-10-6-12-5-9(10)7-13(8)11(14)3-4-17(2,15)16/h8-10,12H,3-7H2,1-2H3. The van der Waals surface area contributed by atoms with Crippen molar-refractivity contribution in [1.29, 1.82) is 0 Å². The van der Waals surface area contributed by atoms with Gasteiger partial charge in [-0.05, 0) is 18.8 Å². The van der Waals surface area contributed by atoms with Gasteiger partial charge in [0.05, 0.1) is 5.75 Å². The third-order valence-electron chi connectivity index (χ3n) is 3.94. The van der Waals surface area contributed by atoms with E-state index in [1.807, 2.05) is 4.90 Å². The van der Waals surface area contributed by atoms with E-state index >= 15 is 0 Å². The molecule has 17 heavy (non-hydrogen) atoms. The Bertz CT molecular complexity index is 407. The first-order valence-electron chi connectivity index (χ1n) is 6.06. The lowest BCUT2D eigenvalue weighted by atomic mass is 9.95. The number of carbonyl (C=O) groups is 1. The highest BCUT2D eigenvalue weighted by atomic mass is 32.2. The summed E-state index contributed by atoms with van der Waals surface area (Å²) in [5.74, 6) is 1.03. The predicted octanol–water partition coefficient (Wildman–Crippen LogP) is -0.513. The van der Waals surface area contributed by atoms with Gasteiger partial charge in [0.15, 0.2) is 0 Å². The van der Waals surface area contributed by atoms with Crippen LogP contribution < -0.4 is 5.32 Å². The molecule has 2 saturated heterocycles. The molecule has 2 heterocycles. The van der Waals surface area contributed by atoms with E-state index in [4.69, 9.17) is 0 Å². The van der Waals surface area contributed by atoms with Gasteiger partial charge in [0.2, 0.25) is 5.91 Å². The molecule has 98 valence electrons. The van der Waals surface area contributed by atoms with Crippen LogP contribution in [0.2, 0.25) is 0 Å². The van der Waals surface area contributed by atoms with Gasteiger partial charge in [-0.1, -0.05) is 0 Å². The summed E-state index contributed by atoms with van der Waals surface area (Å²) >= 11 is 0. The Labute approximate surface area is 102 Å². The third-order valence-corrected chi connectivity index (χ3v) is 4.89. The Morgan fingerprint density at radius 3 is 2.71 bits per heavy atom. The molecule has 2 aliphatic heterocycles. The number of sulfone groups is 1. The summed E-state index contributed by atoms with van der Waals surface area (Å²) in [4.78, 5) is 13.8. The van der Waals surface area contributed by atoms with Crippen molar-refractivity contribution >= 4 is 15.7 Å². The van der Waals surface area contributed by atoms with Crippen LogP contribution in [0, 0.1) is 11.8 Å². The molecule has 0 aromatic carbocycles. The van der Waals surface area contributed by atoms with Crippen molar-refractivity contribution in [3.8, 4) is 0 Å². The highest BCUT2D eigenvalue weighted by Crippen LogP contribution is 2.32. The average Bonchev–Trinajstić information content (AvgIpc) is 2.77. The van der Waals surface area contributed by atoms with Crippen LogP contribution in [0.1, 0.15) is 13.3 Å². The molecule has 0 aromatic heterocycles. The summed E-state index contributed by atoms with van der Waals surface area (Å²) in [6.45, 7) is 4.80. The first-order chi connectivity index (χ1) is 7.88. The van der Waals surface area contributed by atoms with Crippen molar-refractivity contribution < 1.29 is 13.2 Å². The largest absolute Gasteiger partial charge is 0.339 e. The van der Waals surface area contributed by atoms with Gasteiger partial charge in [0, 0.05) is 38.4 Å². The summed E-state index contributed by atoms with van der Waals surface area (Å²) in [5, 5.41) is 3.34. The number of hydrogen-bond donors (Lipinski definition) is 1. The fourth-order valence-electron chi connectivity index (χ4n) is 2.91. The van der Waals surface area contributed by atoms with Gasteiger partial charge >= 0.3 is 0 Å². The quantitative estimate of drug-likeness (QED) is 0.742. The zero-order chi connectivity index (χ0) is 12.6. The van der Waals surface area contributed by atoms with Crippen LogP contribution in [0.4, 0.5) is 0 Å².